The zero-order valence-electron chi connectivity index (χ0n) is 15.2. The Morgan fingerprint density at radius 2 is 2.00 bits per heavy atom. The van der Waals surface area contributed by atoms with Crippen LogP contribution in [0.4, 0.5) is 0 Å². The van der Waals surface area contributed by atoms with E-state index >= 15 is 0 Å². The summed E-state index contributed by atoms with van der Waals surface area (Å²) in [5, 5.41) is 0. The monoisotopic (exact) mass is 343 g/mol. The number of esters is 1. The Morgan fingerprint density at radius 1 is 1.24 bits per heavy atom. The summed E-state index contributed by atoms with van der Waals surface area (Å²) in [6, 6.07) is 9.12. The number of likely N-dealkylation sites (tertiary alicyclic amines) is 1. The van der Waals surface area contributed by atoms with Crippen LogP contribution < -0.4 is 0 Å². The molecule has 0 aromatic heterocycles. The van der Waals surface area contributed by atoms with Gasteiger partial charge in [0.05, 0.1) is 7.11 Å². The maximum absolute atomic E-state index is 11.2. The number of ether oxygens (including phenoxy) is 2. The van der Waals surface area contributed by atoms with E-state index in [0.717, 1.165) is 24.7 Å². The lowest BCUT2D eigenvalue weighted by Gasteiger charge is -2.28. The molecule has 0 N–H and O–H groups in total. The predicted octanol–water partition coefficient (Wildman–Crippen LogP) is 3.83. The number of carbonyl (C=O) groups excluding carboxylic acids is 1. The number of hydrogen-bond donors (Lipinski definition) is 0. The van der Waals surface area contributed by atoms with E-state index < -0.39 is 0 Å². The Morgan fingerprint density at radius 3 is 2.72 bits per heavy atom. The minimum absolute atomic E-state index is 0.320. The first kappa shape index (κ1) is 18.2. The molecule has 136 valence electrons. The normalized spacial score (nSPS) is 22.5. The van der Waals surface area contributed by atoms with Crippen LogP contribution in [0.2, 0.25) is 0 Å². The molecule has 0 amide bonds. The largest absolute Gasteiger partial charge is 0.466 e. The fourth-order valence-corrected chi connectivity index (χ4v) is 3.92. The maximum Gasteiger partial charge on any atom is 0.330 e. The molecule has 2 aliphatic heterocycles. The van der Waals surface area contributed by atoms with E-state index in [2.05, 4.69) is 33.9 Å². The van der Waals surface area contributed by atoms with Crippen molar-refractivity contribution in [2.75, 3.05) is 33.4 Å². The van der Waals surface area contributed by atoms with E-state index in [1.54, 1.807) is 6.08 Å². The number of carbonyl (C=O) groups is 1. The number of benzene rings is 1. The highest BCUT2D eigenvalue weighted by molar-refractivity contribution is 5.86. The highest BCUT2D eigenvalue weighted by Gasteiger charge is 2.26. The molecule has 3 rings (SSSR count). The summed E-state index contributed by atoms with van der Waals surface area (Å²) in [7, 11) is 1.39. The van der Waals surface area contributed by atoms with Crippen LogP contribution >= 0.6 is 0 Å². The smallest absolute Gasteiger partial charge is 0.330 e. The van der Waals surface area contributed by atoms with Crippen molar-refractivity contribution in [3.63, 3.8) is 0 Å². The summed E-state index contributed by atoms with van der Waals surface area (Å²) in [6.07, 6.45) is 9.52. The molecular formula is C21H29NO3. The molecule has 0 bridgehead atoms. The third-order valence-corrected chi connectivity index (χ3v) is 5.46. The van der Waals surface area contributed by atoms with Gasteiger partial charge < -0.3 is 9.47 Å². The molecule has 0 saturated carbocycles. The first-order chi connectivity index (χ1) is 12.3. The summed E-state index contributed by atoms with van der Waals surface area (Å²) < 4.78 is 10.1. The van der Waals surface area contributed by atoms with Gasteiger partial charge >= 0.3 is 5.97 Å². The second-order valence-corrected chi connectivity index (χ2v) is 7.06. The Labute approximate surface area is 150 Å². The molecule has 2 saturated heterocycles. The van der Waals surface area contributed by atoms with Gasteiger partial charge in [-0.2, -0.15) is 0 Å². The van der Waals surface area contributed by atoms with Gasteiger partial charge in [0.25, 0.3) is 0 Å². The molecular weight excluding hydrogens is 314 g/mol. The van der Waals surface area contributed by atoms with Gasteiger partial charge in [0.15, 0.2) is 0 Å². The summed E-state index contributed by atoms with van der Waals surface area (Å²) in [6.45, 7) is 4.28. The van der Waals surface area contributed by atoms with Crippen LogP contribution in [-0.2, 0) is 14.3 Å². The predicted molar refractivity (Wildman–Crippen MR) is 99.2 cm³/mol. The first-order valence-electron chi connectivity index (χ1n) is 9.44. The van der Waals surface area contributed by atoms with Crippen LogP contribution in [0.25, 0.3) is 6.08 Å². The molecule has 0 spiro atoms. The molecule has 4 heteroatoms. The van der Waals surface area contributed by atoms with Gasteiger partial charge in [-0.1, -0.05) is 24.3 Å². The van der Waals surface area contributed by atoms with Crippen molar-refractivity contribution in [1.82, 2.24) is 4.90 Å². The Hall–Kier alpha value is -1.65. The molecule has 2 fully saturated rings. The van der Waals surface area contributed by atoms with E-state index in [1.165, 1.54) is 63.9 Å². The summed E-state index contributed by atoms with van der Waals surface area (Å²) in [5.74, 6) is 0.514. The minimum Gasteiger partial charge on any atom is -0.466 e. The van der Waals surface area contributed by atoms with Crippen LogP contribution in [-0.4, -0.2) is 44.3 Å². The molecule has 0 radical (unpaired) electrons. The van der Waals surface area contributed by atoms with Crippen molar-refractivity contribution in [3.8, 4) is 0 Å². The zero-order valence-corrected chi connectivity index (χ0v) is 15.2. The lowest BCUT2D eigenvalue weighted by Crippen LogP contribution is -2.27. The van der Waals surface area contributed by atoms with E-state index in [0.29, 0.717) is 6.04 Å². The number of methoxy groups -OCH3 is 1. The Balaban J connectivity index is 1.56. The van der Waals surface area contributed by atoms with Gasteiger partial charge in [0.2, 0.25) is 0 Å². The van der Waals surface area contributed by atoms with Crippen molar-refractivity contribution in [2.45, 2.75) is 38.1 Å². The van der Waals surface area contributed by atoms with E-state index in [4.69, 9.17) is 4.74 Å². The van der Waals surface area contributed by atoms with Gasteiger partial charge in [0, 0.05) is 25.3 Å². The Bertz CT molecular complexity index is 575. The van der Waals surface area contributed by atoms with Gasteiger partial charge in [-0.25, -0.2) is 4.79 Å². The van der Waals surface area contributed by atoms with Crippen molar-refractivity contribution < 1.29 is 14.3 Å². The Kier molecular flexibility index (Phi) is 6.65. The highest BCUT2D eigenvalue weighted by atomic mass is 16.5. The number of nitrogens with zero attached hydrogens (tertiary/aromatic N) is 1. The molecule has 0 unspecified atom stereocenters. The van der Waals surface area contributed by atoms with Crippen LogP contribution in [0.3, 0.4) is 0 Å². The molecule has 0 aliphatic carbocycles. The first-order valence-corrected chi connectivity index (χ1v) is 9.44. The molecule has 25 heavy (non-hydrogen) atoms. The number of rotatable bonds is 6. The van der Waals surface area contributed by atoms with Crippen LogP contribution in [0.5, 0.6) is 0 Å². The topological polar surface area (TPSA) is 38.8 Å². The van der Waals surface area contributed by atoms with Crippen LogP contribution in [0.1, 0.15) is 49.3 Å². The van der Waals surface area contributed by atoms with Crippen molar-refractivity contribution in [2.24, 2.45) is 5.92 Å². The van der Waals surface area contributed by atoms with Crippen LogP contribution in [0.15, 0.2) is 30.3 Å². The summed E-state index contributed by atoms with van der Waals surface area (Å²) >= 11 is 0. The van der Waals surface area contributed by atoms with Gasteiger partial charge in [-0.3, -0.25) is 4.90 Å². The van der Waals surface area contributed by atoms with Gasteiger partial charge in [-0.15, -0.1) is 0 Å². The molecule has 1 atom stereocenters. The average molecular weight is 343 g/mol. The number of hydrogen-bond acceptors (Lipinski definition) is 4. The molecule has 4 nitrogen and oxygen atoms in total. The van der Waals surface area contributed by atoms with E-state index in [-0.39, 0.29) is 5.97 Å². The summed E-state index contributed by atoms with van der Waals surface area (Å²) in [5.41, 5.74) is 2.42. The highest BCUT2D eigenvalue weighted by Crippen LogP contribution is 2.33. The molecule has 1 aromatic rings. The van der Waals surface area contributed by atoms with Gasteiger partial charge in [-0.05, 0) is 68.3 Å². The third kappa shape index (κ3) is 5.16. The SMILES string of the molecule is COC(=O)C=Cc1ccc([C@@H]2CCCN2CCC2CCOCC2)cc1. The molecule has 2 aliphatic rings. The van der Waals surface area contributed by atoms with E-state index in [9.17, 15) is 4.79 Å². The van der Waals surface area contributed by atoms with Crippen molar-refractivity contribution >= 4 is 12.0 Å². The quantitative estimate of drug-likeness (QED) is 0.581. The second-order valence-electron chi connectivity index (χ2n) is 7.06. The second kappa shape index (κ2) is 9.16. The zero-order chi connectivity index (χ0) is 17.5. The minimum atomic E-state index is -0.320. The fraction of sp³-hybridized carbons (Fsp3) is 0.571. The summed E-state index contributed by atoms with van der Waals surface area (Å²) in [4.78, 5) is 13.8. The lowest BCUT2D eigenvalue weighted by molar-refractivity contribution is -0.134. The van der Waals surface area contributed by atoms with Crippen LogP contribution in [0, 0.1) is 5.92 Å². The van der Waals surface area contributed by atoms with E-state index in [1.807, 2.05) is 0 Å². The van der Waals surface area contributed by atoms with Crippen molar-refractivity contribution in [3.05, 3.63) is 41.5 Å². The molecule has 2 heterocycles. The lowest BCUT2D eigenvalue weighted by atomic mass is 9.96. The third-order valence-electron chi connectivity index (χ3n) is 5.46. The fourth-order valence-electron chi connectivity index (χ4n) is 3.92. The van der Waals surface area contributed by atoms with Crippen molar-refractivity contribution in [1.29, 1.82) is 0 Å². The van der Waals surface area contributed by atoms with Gasteiger partial charge in [0.1, 0.15) is 0 Å². The standard InChI is InChI=1S/C21H29NO3/c1-24-21(23)9-6-17-4-7-19(8-5-17)20-3-2-13-22(20)14-10-18-11-15-25-16-12-18/h4-9,18,20H,2-3,10-16H2,1H3/t20-/m0/s1. The average Bonchev–Trinajstić information content (AvgIpc) is 3.14. The molecule has 1 aromatic carbocycles. The maximum atomic E-state index is 11.2.